The monoisotopic (exact) mass is 441 g/mol. The molecular formula is C23H23NO6S. The van der Waals surface area contributed by atoms with Crippen molar-refractivity contribution in [2.24, 2.45) is 0 Å². The summed E-state index contributed by atoms with van der Waals surface area (Å²) in [5.74, 6) is -0.507. The normalized spacial score (nSPS) is 13.0. The Labute approximate surface area is 183 Å². The second-order valence-electron chi connectivity index (χ2n) is 7.36. The van der Waals surface area contributed by atoms with Crippen molar-refractivity contribution in [1.29, 1.82) is 0 Å². The van der Waals surface area contributed by atoms with Crippen LogP contribution in [-0.2, 0) is 17.6 Å². The van der Waals surface area contributed by atoms with E-state index in [0.717, 1.165) is 42.5 Å². The molecule has 0 saturated carbocycles. The van der Waals surface area contributed by atoms with E-state index in [1.807, 2.05) is 6.92 Å². The van der Waals surface area contributed by atoms with E-state index in [9.17, 15) is 14.4 Å². The van der Waals surface area contributed by atoms with Crippen LogP contribution in [-0.4, -0.2) is 25.6 Å². The Balaban J connectivity index is 1.66. The van der Waals surface area contributed by atoms with Crippen molar-refractivity contribution in [3.63, 3.8) is 0 Å². The van der Waals surface area contributed by atoms with Crippen molar-refractivity contribution < 1.29 is 23.5 Å². The molecule has 0 atom stereocenters. The van der Waals surface area contributed by atoms with Crippen molar-refractivity contribution in [1.82, 2.24) is 0 Å². The van der Waals surface area contributed by atoms with Crippen LogP contribution in [0.15, 0.2) is 33.5 Å². The Bertz CT molecular complexity index is 1210. The molecule has 2 aromatic heterocycles. The van der Waals surface area contributed by atoms with E-state index >= 15 is 0 Å². The number of esters is 1. The standard InChI is InChI=1S/C23H23NO6S/c1-3-10-29-14-9-8-13-11-16(22(26)30-17(13)12-14)20(25)24-21-19(23(27)28-2)15-6-4-5-7-18(15)31-21/h8-9,11-12H,3-7,10H2,1-2H3,(H,24,25). The Morgan fingerprint density at radius 3 is 2.77 bits per heavy atom. The summed E-state index contributed by atoms with van der Waals surface area (Å²) in [5.41, 5.74) is 0.787. The van der Waals surface area contributed by atoms with Crippen LogP contribution in [0.25, 0.3) is 11.0 Å². The number of thiophene rings is 1. The third kappa shape index (κ3) is 4.20. The van der Waals surface area contributed by atoms with Crippen molar-refractivity contribution in [2.45, 2.75) is 39.0 Å². The number of ether oxygens (including phenoxy) is 2. The molecule has 1 N–H and O–H groups in total. The number of aryl methyl sites for hydroxylation is 1. The fourth-order valence-corrected chi connectivity index (χ4v) is 4.97. The van der Waals surface area contributed by atoms with Crippen LogP contribution in [0.4, 0.5) is 5.00 Å². The fraction of sp³-hybridized carbons (Fsp3) is 0.348. The minimum atomic E-state index is -0.751. The quantitative estimate of drug-likeness (QED) is 0.445. The maximum atomic E-state index is 12.9. The molecule has 7 nitrogen and oxygen atoms in total. The summed E-state index contributed by atoms with van der Waals surface area (Å²) >= 11 is 1.37. The fourth-order valence-electron chi connectivity index (χ4n) is 3.70. The Morgan fingerprint density at radius 2 is 2.00 bits per heavy atom. The summed E-state index contributed by atoms with van der Waals surface area (Å²) in [6, 6.07) is 6.63. The molecule has 0 unspecified atom stereocenters. The van der Waals surface area contributed by atoms with Crippen molar-refractivity contribution in [2.75, 3.05) is 19.0 Å². The van der Waals surface area contributed by atoms with Crippen LogP contribution in [0, 0.1) is 0 Å². The molecule has 4 rings (SSSR count). The molecular weight excluding hydrogens is 418 g/mol. The number of carbonyl (C=O) groups excluding carboxylic acids is 2. The van der Waals surface area contributed by atoms with Gasteiger partial charge in [-0.15, -0.1) is 11.3 Å². The van der Waals surface area contributed by atoms with Gasteiger partial charge in [0, 0.05) is 16.3 Å². The number of amides is 1. The van der Waals surface area contributed by atoms with E-state index < -0.39 is 17.5 Å². The third-order valence-electron chi connectivity index (χ3n) is 5.21. The molecule has 0 radical (unpaired) electrons. The zero-order chi connectivity index (χ0) is 22.0. The lowest BCUT2D eigenvalue weighted by Crippen LogP contribution is -2.21. The molecule has 31 heavy (non-hydrogen) atoms. The zero-order valence-corrected chi connectivity index (χ0v) is 18.2. The highest BCUT2D eigenvalue weighted by Crippen LogP contribution is 2.38. The van der Waals surface area contributed by atoms with Gasteiger partial charge in [-0.3, -0.25) is 4.79 Å². The minimum absolute atomic E-state index is 0.128. The van der Waals surface area contributed by atoms with Gasteiger partial charge in [0.15, 0.2) is 0 Å². The van der Waals surface area contributed by atoms with Crippen LogP contribution in [0.1, 0.15) is 57.3 Å². The highest BCUT2D eigenvalue weighted by molar-refractivity contribution is 7.17. The molecule has 3 aromatic rings. The van der Waals surface area contributed by atoms with E-state index in [1.54, 1.807) is 18.2 Å². The summed E-state index contributed by atoms with van der Waals surface area (Å²) < 4.78 is 15.9. The summed E-state index contributed by atoms with van der Waals surface area (Å²) in [6.07, 6.45) is 4.52. The van der Waals surface area contributed by atoms with Gasteiger partial charge < -0.3 is 19.2 Å². The number of anilines is 1. The second kappa shape index (κ2) is 8.93. The van der Waals surface area contributed by atoms with Gasteiger partial charge in [0.25, 0.3) is 5.91 Å². The van der Waals surface area contributed by atoms with Crippen molar-refractivity contribution in [3.05, 3.63) is 56.3 Å². The SMILES string of the molecule is CCCOc1ccc2cc(C(=O)Nc3sc4c(c3C(=O)OC)CCCC4)c(=O)oc2c1. The van der Waals surface area contributed by atoms with E-state index in [-0.39, 0.29) is 5.56 Å². The van der Waals surface area contributed by atoms with Crippen LogP contribution in [0.2, 0.25) is 0 Å². The first kappa shape index (κ1) is 21.1. The smallest absolute Gasteiger partial charge is 0.349 e. The number of carbonyl (C=O) groups is 2. The van der Waals surface area contributed by atoms with Gasteiger partial charge in [0.1, 0.15) is 21.9 Å². The van der Waals surface area contributed by atoms with Gasteiger partial charge in [-0.05, 0) is 55.9 Å². The maximum absolute atomic E-state index is 12.9. The first-order valence-corrected chi connectivity index (χ1v) is 11.1. The van der Waals surface area contributed by atoms with Crippen LogP contribution in [0.3, 0.4) is 0 Å². The lowest BCUT2D eigenvalue weighted by molar-refractivity contribution is 0.0601. The molecule has 8 heteroatoms. The highest BCUT2D eigenvalue weighted by Gasteiger charge is 2.27. The summed E-state index contributed by atoms with van der Waals surface area (Å²) in [7, 11) is 1.32. The molecule has 1 aliphatic rings. The minimum Gasteiger partial charge on any atom is -0.493 e. The van der Waals surface area contributed by atoms with E-state index in [0.29, 0.717) is 33.9 Å². The second-order valence-corrected chi connectivity index (χ2v) is 8.46. The van der Waals surface area contributed by atoms with Crippen LogP contribution in [0.5, 0.6) is 5.75 Å². The molecule has 0 saturated heterocycles. The first-order chi connectivity index (χ1) is 15.0. The van der Waals surface area contributed by atoms with E-state index in [2.05, 4.69) is 5.32 Å². The van der Waals surface area contributed by atoms with Gasteiger partial charge in [0.2, 0.25) is 0 Å². The van der Waals surface area contributed by atoms with Gasteiger partial charge >= 0.3 is 11.6 Å². The summed E-state index contributed by atoms with van der Waals surface area (Å²) in [6.45, 7) is 2.56. The van der Waals surface area contributed by atoms with Crippen LogP contribution < -0.4 is 15.7 Å². The zero-order valence-electron chi connectivity index (χ0n) is 17.4. The number of nitrogens with one attached hydrogen (secondary N) is 1. The third-order valence-corrected chi connectivity index (χ3v) is 6.42. The maximum Gasteiger partial charge on any atom is 0.349 e. The molecule has 1 amide bonds. The first-order valence-electron chi connectivity index (χ1n) is 10.3. The van der Waals surface area contributed by atoms with Crippen molar-refractivity contribution in [3.8, 4) is 5.75 Å². The van der Waals surface area contributed by atoms with Gasteiger partial charge in [-0.2, -0.15) is 0 Å². The lowest BCUT2D eigenvalue weighted by atomic mass is 9.95. The van der Waals surface area contributed by atoms with E-state index in [1.165, 1.54) is 24.5 Å². The number of rotatable bonds is 6. The highest BCUT2D eigenvalue weighted by atomic mass is 32.1. The molecule has 1 aliphatic carbocycles. The number of hydrogen-bond donors (Lipinski definition) is 1. The molecule has 0 fully saturated rings. The Kier molecular flexibility index (Phi) is 6.08. The topological polar surface area (TPSA) is 94.8 Å². The number of benzene rings is 1. The number of methoxy groups -OCH3 is 1. The molecule has 0 spiro atoms. The summed E-state index contributed by atoms with van der Waals surface area (Å²) in [4.78, 5) is 38.9. The molecule has 162 valence electrons. The lowest BCUT2D eigenvalue weighted by Gasteiger charge is -2.11. The molecule has 1 aromatic carbocycles. The predicted octanol–water partition coefficient (Wildman–Crippen LogP) is 4.56. The van der Waals surface area contributed by atoms with E-state index in [4.69, 9.17) is 13.9 Å². The average Bonchev–Trinajstić information content (AvgIpc) is 3.14. The average molecular weight is 442 g/mol. The number of fused-ring (bicyclic) bond motifs is 2. The molecule has 0 aliphatic heterocycles. The van der Waals surface area contributed by atoms with Gasteiger partial charge in [-0.25, -0.2) is 9.59 Å². The van der Waals surface area contributed by atoms with Gasteiger partial charge in [-0.1, -0.05) is 6.92 Å². The molecule has 2 heterocycles. The summed E-state index contributed by atoms with van der Waals surface area (Å²) in [5, 5.41) is 3.75. The Morgan fingerprint density at radius 1 is 1.19 bits per heavy atom. The Hall–Kier alpha value is -3.13. The number of hydrogen-bond acceptors (Lipinski definition) is 7. The largest absolute Gasteiger partial charge is 0.493 e. The van der Waals surface area contributed by atoms with Crippen LogP contribution >= 0.6 is 11.3 Å². The predicted molar refractivity (Wildman–Crippen MR) is 119 cm³/mol. The van der Waals surface area contributed by atoms with Crippen molar-refractivity contribution >= 4 is 39.2 Å². The van der Waals surface area contributed by atoms with Gasteiger partial charge in [0.05, 0.1) is 19.3 Å². The molecule has 0 bridgehead atoms.